The van der Waals surface area contributed by atoms with Crippen LogP contribution in [0.1, 0.15) is 49.4 Å². The second-order valence-corrected chi connectivity index (χ2v) is 7.23. The van der Waals surface area contributed by atoms with Crippen LogP contribution in [0.3, 0.4) is 0 Å². The van der Waals surface area contributed by atoms with Crippen molar-refractivity contribution in [1.82, 2.24) is 4.90 Å². The van der Waals surface area contributed by atoms with Crippen LogP contribution in [0.4, 0.5) is 0 Å². The van der Waals surface area contributed by atoms with Gasteiger partial charge < -0.3 is 14.4 Å². The van der Waals surface area contributed by atoms with Crippen LogP contribution in [-0.4, -0.2) is 49.3 Å². The zero-order valence-electron chi connectivity index (χ0n) is 15.4. The van der Waals surface area contributed by atoms with Crippen LogP contribution in [0.15, 0.2) is 23.1 Å². The highest BCUT2D eigenvalue weighted by Gasteiger charge is 2.28. The lowest BCUT2D eigenvalue weighted by Crippen LogP contribution is -2.44. The minimum atomic E-state index is -0.815. The van der Waals surface area contributed by atoms with Crippen LogP contribution in [-0.2, 0) is 9.53 Å². The Morgan fingerprint density at radius 2 is 1.92 bits per heavy atom. The summed E-state index contributed by atoms with van der Waals surface area (Å²) < 4.78 is 10.7. The van der Waals surface area contributed by atoms with Crippen molar-refractivity contribution in [3.05, 3.63) is 23.8 Å². The maximum atomic E-state index is 12.6. The lowest BCUT2D eigenvalue weighted by molar-refractivity contribution is -0.141. The SMILES string of the molecule is COc1cc(SC)ccc1C(=O)O[C@H](C)C(=O)N(C)C1CCCCC1. The van der Waals surface area contributed by atoms with Gasteiger partial charge in [0.25, 0.3) is 5.91 Å². The van der Waals surface area contributed by atoms with Crippen LogP contribution in [0.5, 0.6) is 5.75 Å². The Morgan fingerprint density at radius 1 is 1.24 bits per heavy atom. The summed E-state index contributed by atoms with van der Waals surface area (Å²) >= 11 is 1.56. The molecule has 0 bridgehead atoms. The normalized spacial score (nSPS) is 16.2. The molecular formula is C19H27NO4S. The van der Waals surface area contributed by atoms with Gasteiger partial charge in [0.1, 0.15) is 11.3 Å². The quantitative estimate of drug-likeness (QED) is 0.568. The third-order valence-electron chi connectivity index (χ3n) is 4.73. The summed E-state index contributed by atoms with van der Waals surface area (Å²) in [6.07, 6.45) is 6.71. The molecule has 1 atom stereocenters. The van der Waals surface area contributed by atoms with Crippen molar-refractivity contribution in [2.45, 2.75) is 56.1 Å². The Kier molecular flexibility index (Phi) is 7.17. The molecule has 0 spiro atoms. The largest absolute Gasteiger partial charge is 0.496 e. The Bertz CT molecular complexity index is 613. The molecule has 1 aromatic rings. The van der Waals surface area contributed by atoms with Crippen LogP contribution < -0.4 is 4.74 Å². The number of thioether (sulfide) groups is 1. The molecule has 138 valence electrons. The monoisotopic (exact) mass is 365 g/mol. The van der Waals surface area contributed by atoms with E-state index in [0.29, 0.717) is 11.3 Å². The average molecular weight is 365 g/mol. The zero-order valence-corrected chi connectivity index (χ0v) is 16.2. The Morgan fingerprint density at radius 3 is 2.52 bits per heavy atom. The summed E-state index contributed by atoms with van der Waals surface area (Å²) in [4.78, 5) is 27.8. The molecule has 1 aliphatic rings. The highest BCUT2D eigenvalue weighted by molar-refractivity contribution is 7.98. The number of hydrogen-bond acceptors (Lipinski definition) is 5. The van der Waals surface area contributed by atoms with Gasteiger partial charge in [-0.1, -0.05) is 19.3 Å². The molecule has 1 aliphatic carbocycles. The van der Waals surface area contributed by atoms with E-state index in [1.165, 1.54) is 13.5 Å². The fourth-order valence-electron chi connectivity index (χ4n) is 3.18. The maximum absolute atomic E-state index is 12.6. The minimum absolute atomic E-state index is 0.153. The van der Waals surface area contributed by atoms with E-state index in [1.807, 2.05) is 12.3 Å². The molecule has 6 heteroatoms. The summed E-state index contributed by atoms with van der Waals surface area (Å²) in [5, 5.41) is 0. The summed E-state index contributed by atoms with van der Waals surface area (Å²) in [7, 11) is 3.32. The molecule has 0 heterocycles. The van der Waals surface area contributed by atoms with Gasteiger partial charge in [-0.2, -0.15) is 0 Å². The molecule has 2 rings (SSSR count). The van der Waals surface area contributed by atoms with Gasteiger partial charge in [-0.15, -0.1) is 11.8 Å². The summed E-state index contributed by atoms with van der Waals surface area (Å²) in [6, 6.07) is 5.55. The number of ether oxygens (including phenoxy) is 2. The fourth-order valence-corrected chi connectivity index (χ4v) is 3.61. The van der Waals surface area contributed by atoms with E-state index >= 15 is 0 Å². The highest BCUT2D eigenvalue weighted by Crippen LogP contribution is 2.27. The summed E-state index contributed by atoms with van der Waals surface area (Å²) in [6.45, 7) is 1.63. The number of benzene rings is 1. The lowest BCUT2D eigenvalue weighted by Gasteiger charge is -2.32. The number of nitrogens with zero attached hydrogens (tertiary/aromatic N) is 1. The molecule has 0 aromatic heterocycles. The van der Waals surface area contributed by atoms with Gasteiger partial charge in [-0.3, -0.25) is 4.79 Å². The van der Waals surface area contributed by atoms with Crippen LogP contribution in [0.2, 0.25) is 0 Å². The van der Waals surface area contributed by atoms with E-state index in [2.05, 4.69) is 0 Å². The standard InChI is InChI=1S/C19H27NO4S/c1-13(18(21)20(2)14-8-6-5-7-9-14)24-19(22)16-11-10-15(25-4)12-17(16)23-3/h10-14H,5-9H2,1-4H3/t13-/m1/s1. The third kappa shape index (κ3) is 4.91. The van der Waals surface area contributed by atoms with Crippen molar-refractivity contribution < 1.29 is 19.1 Å². The average Bonchev–Trinajstić information content (AvgIpc) is 2.66. The smallest absolute Gasteiger partial charge is 0.342 e. The number of likely N-dealkylation sites (N-methyl/N-ethyl adjacent to an activating group) is 1. The van der Waals surface area contributed by atoms with Gasteiger partial charge in [0.2, 0.25) is 0 Å². The second-order valence-electron chi connectivity index (χ2n) is 6.35. The molecule has 5 nitrogen and oxygen atoms in total. The molecule has 0 unspecified atom stereocenters. The van der Waals surface area contributed by atoms with Gasteiger partial charge in [-0.05, 0) is 44.2 Å². The molecule has 0 aliphatic heterocycles. The van der Waals surface area contributed by atoms with Crippen molar-refractivity contribution in [3.63, 3.8) is 0 Å². The number of methoxy groups -OCH3 is 1. The van der Waals surface area contributed by atoms with E-state index in [0.717, 1.165) is 30.6 Å². The van der Waals surface area contributed by atoms with Crippen molar-refractivity contribution in [3.8, 4) is 5.75 Å². The predicted octanol–water partition coefficient (Wildman–Crippen LogP) is 3.75. The molecule has 1 amide bonds. The van der Waals surface area contributed by atoms with Crippen molar-refractivity contribution in [2.24, 2.45) is 0 Å². The molecule has 0 radical (unpaired) electrons. The molecule has 1 aromatic carbocycles. The first-order chi connectivity index (χ1) is 12.0. The molecule has 1 fully saturated rings. The number of amides is 1. The van der Waals surface area contributed by atoms with Crippen molar-refractivity contribution in [1.29, 1.82) is 0 Å². The molecule has 0 N–H and O–H groups in total. The van der Waals surface area contributed by atoms with Gasteiger partial charge in [0.05, 0.1) is 7.11 Å². The maximum Gasteiger partial charge on any atom is 0.342 e. The van der Waals surface area contributed by atoms with Crippen LogP contribution in [0, 0.1) is 0 Å². The van der Waals surface area contributed by atoms with Gasteiger partial charge >= 0.3 is 5.97 Å². The lowest BCUT2D eigenvalue weighted by atomic mass is 9.94. The van der Waals surface area contributed by atoms with Crippen molar-refractivity contribution in [2.75, 3.05) is 20.4 Å². The van der Waals surface area contributed by atoms with Gasteiger partial charge in [0, 0.05) is 18.0 Å². The summed E-state index contributed by atoms with van der Waals surface area (Å²) in [5.41, 5.74) is 0.334. The highest BCUT2D eigenvalue weighted by atomic mass is 32.2. The fraction of sp³-hybridized carbons (Fsp3) is 0.579. The summed E-state index contributed by atoms with van der Waals surface area (Å²) in [5.74, 6) is -0.237. The molecular weight excluding hydrogens is 338 g/mol. The van der Waals surface area contributed by atoms with Crippen molar-refractivity contribution >= 4 is 23.6 Å². The van der Waals surface area contributed by atoms with E-state index in [4.69, 9.17) is 9.47 Å². The number of rotatable bonds is 6. The first kappa shape index (κ1) is 19.6. The Labute approximate surface area is 154 Å². The van der Waals surface area contributed by atoms with E-state index < -0.39 is 12.1 Å². The predicted molar refractivity (Wildman–Crippen MR) is 99.3 cm³/mol. The van der Waals surface area contributed by atoms with Crippen LogP contribution in [0.25, 0.3) is 0 Å². The Balaban J connectivity index is 2.02. The Hall–Kier alpha value is -1.69. The number of carbonyl (C=O) groups excluding carboxylic acids is 2. The number of esters is 1. The van der Waals surface area contributed by atoms with E-state index in [-0.39, 0.29) is 11.9 Å². The second kappa shape index (κ2) is 9.13. The molecule has 1 saturated carbocycles. The first-order valence-electron chi connectivity index (χ1n) is 8.67. The van der Waals surface area contributed by atoms with Gasteiger partial charge in [-0.25, -0.2) is 4.79 Å². The first-order valence-corrected chi connectivity index (χ1v) is 9.90. The topological polar surface area (TPSA) is 55.8 Å². The van der Waals surface area contributed by atoms with E-state index in [9.17, 15) is 9.59 Å². The molecule has 25 heavy (non-hydrogen) atoms. The minimum Gasteiger partial charge on any atom is -0.496 e. The number of carbonyl (C=O) groups is 2. The molecule has 0 saturated heterocycles. The number of hydrogen-bond donors (Lipinski definition) is 0. The zero-order chi connectivity index (χ0) is 18.4. The van der Waals surface area contributed by atoms with E-state index in [1.54, 1.807) is 42.8 Å². The van der Waals surface area contributed by atoms with Crippen LogP contribution >= 0.6 is 11.8 Å². The van der Waals surface area contributed by atoms with Gasteiger partial charge in [0.15, 0.2) is 6.10 Å². The third-order valence-corrected chi connectivity index (χ3v) is 5.46.